The molecule has 0 radical (unpaired) electrons. The Hall–Kier alpha value is -0.870. The third-order valence-corrected chi connectivity index (χ3v) is 3.62. The number of nitrogens with one attached hydrogen (secondary N) is 1. The van der Waals surface area contributed by atoms with Gasteiger partial charge in [0.15, 0.2) is 0 Å². The van der Waals surface area contributed by atoms with Crippen molar-refractivity contribution >= 4 is 0 Å². The molecule has 0 aromatic carbocycles. The van der Waals surface area contributed by atoms with Gasteiger partial charge < -0.3 is 0 Å². The molecule has 4 nitrogen and oxygen atoms in total. The molecule has 4 heteroatoms. The number of hydrazine groups is 1. The molecule has 0 bridgehead atoms. The number of aryl methyl sites for hydroxylation is 1. The van der Waals surface area contributed by atoms with E-state index in [1.165, 1.54) is 31.2 Å². The molecule has 0 spiro atoms. The van der Waals surface area contributed by atoms with Crippen molar-refractivity contribution < 1.29 is 0 Å². The van der Waals surface area contributed by atoms with E-state index in [-0.39, 0.29) is 6.04 Å². The van der Waals surface area contributed by atoms with Crippen LogP contribution in [0.15, 0.2) is 12.4 Å². The van der Waals surface area contributed by atoms with E-state index in [2.05, 4.69) is 23.6 Å². The van der Waals surface area contributed by atoms with Crippen LogP contribution in [0.3, 0.4) is 0 Å². The van der Waals surface area contributed by atoms with Gasteiger partial charge in [-0.05, 0) is 19.3 Å². The van der Waals surface area contributed by atoms with Crippen LogP contribution >= 0.6 is 0 Å². The highest BCUT2D eigenvalue weighted by Crippen LogP contribution is 2.32. The molecule has 1 fully saturated rings. The van der Waals surface area contributed by atoms with E-state index in [0.717, 1.165) is 18.9 Å². The highest BCUT2D eigenvalue weighted by atomic mass is 15.3. The highest BCUT2D eigenvalue weighted by Gasteiger charge is 2.21. The topological polar surface area (TPSA) is 55.9 Å². The van der Waals surface area contributed by atoms with Crippen molar-refractivity contribution in [3.05, 3.63) is 18.0 Å². The van der Waals surface area contributed by atoms with Crippen molar-refractivity contribution in [1.82, 2.24) is 15.2 Å². The second-order valence-electron chi connectivity index (χ2n) is 4.73. The Kier molecular flexibility index (Phi) is 3.96. The predicted octanol–water partition coefficient (Wildman–Crippen LogP) is 1.99. The van der Waals surface area contributed by atoms with Crippen LogP contribution in [0.5, 0.6) is 0 Å². The largest absolute Gasteiger partial charge is 0.273 e. The van der Waals surface area contributed by atoms with Crippen molar-refractivity contribution in [2.75, 3.05) is 0 Å². The lowest BCUT2D eigenvalue weighted by Crippen LogP contribution is -2.29. The summed E-state index contributed by atoms with van der Waals surface area (Å²) in [4.78, 5) is 0. The summed E-state index contributed by atoms with van der Waals surface area (Å²) < 4.78 is 1.95. The first-order chi connectivity index (χ1) is 7.83. The number of nitrogens with zero attached hydrogens (tertiary/aromatic N) is 2. The van der Waals surface area contributed by atoms with E-state index in [1.807, 2.05) is 10.9 Å². The molecule has 3 N–H and O–H groups in total. The van der Waals surface area contributed by atoms with E-state index in [4.69, 9.17) is 5.84 Å². The van der Waals surface area contributed by atoms with E-state index < -0.39 is 0 Å². The Balaban J connectivity index is 1.97. The Morgan fingerprint density at radius 3 is 2.88 bits per heavy atom. The summed E-state index contributed by atoms with van der Waals surface area (Å²) in [6.45, 7) is 3.01. The zero-order chi connectivity index (χ0) is 11.4. The van der Waals surface area contributed by atoms with Gasteiger partial charge in [0.25, 0.3) is 0 Å². The second-order valence-corrected chi connectivity index (χ2v) is 4.73. The molecule has 0 aliphatic heterocycles. The first kappa shape index (κ1) is 11.6. The number of hydrogen-bond acceptors (Lipinski definition) is 3. The molecule has 1 heterocycles. The molecule has 1 aliphatic rings. The van der Waals surface area contributed by atoms with E-state index >= 15 is 0 Å². The predicted molar refractivity (Wildman–Crippen MR) is 64.5 cm³/mol. The SMILES string of the molecule is CCn1cc(C(CC2CCCC2)NN)cn1. The molecule has 0 amide bonds. The molecule has 16 heavy (non-hydrogen) atoms. The number of nitrogens with two attached hydrogens (primary N) is 1. The quantitative estimate of drug-likeness (QED) is 0.591. The summed E-state index contributed by atoms with van der Waals surface area (Å²) in [7, 11) is 0. The Morgan fingerprint density at radius 2 is 2.31 bits per heavy atom. The maximum Gasteiger partial charge on any atom is 0.0538 e. The summed E-state index contributed by atoms with van der Waals surface area (Å²) in [6, 6.07) is 0.267. The zero-order valence-electron chi connectivity index (χ0n) is 10.0. The van der Waals surface area contributed by atoms with Gasteiger partial charge in [-0.3, -0.25) is 16.0 Å². The third-order valence-electron chi connectivity index (χ3n) is 3.62. The maximum atomic E-state index is 5.65. The zero-order valence-corrected chi connectivity index (χ0v) is 10.0. The van der Waals surface area contributed by atoms with Crippen molar-refractivity contribution in [2.24, 2.45) is 11.8 Å². The first-order valence-electron chi connectivity index (χ1n) is 6.32. The van der Waals surface area contributed by atoms with E-state index in [1.54, 1.807) is 0 Å². The van der Waals surface area contributed by atoms with Crippen molar-refractivity contribution in [2.45, 2.75) is 51.6 Å². The molecule has 1 aromatic heterocycles. The normalized spacial score (nSPS) is 19.1. The molecule has 1 saturated carbocycles. The third kappa shape index (κ3) is 2.62. The molecular formula is C12H22N4. The van der Waals surface area contributed by atoms with Crippen LogP contribution < -0.4 is 11.3 Å². The fourth-order valence-corrected chi connectivity index (χ4v) is 2.61. The van der Waals surface area contributed by atoms with Crippen LogP contribution in [0.1, 0.15) is 50.6 Å². The van der Waals surface area contributed by atoms with Crippen molar-refractivity contribution in [3.63, 3.8) is 0 Å². The highest BCUT2D eigenvalue weighted by molar-refractivity contribution is 5.10. The Morgan fingerprint density at radius 1 is 1.56 bits per heavy atom. The van der Waals surface area contributed by atoms with E-state index in [9.17, 15) is 0 Å². The summed E-state index contributed by atoms with van der Waals surface area (Å²) in [6.07, 6.45) is 10.7. The van der Waals surface area contributed by atoms with Gasteiger partial charge in [0.1, 0.15) is 0 Å². The van der Waals surface area contributed by atoms with Crippen molar-refractivity contribution in [3.8, 4) is 0 Å². The van der Waals surface area contributed by atoms with Crippen LogP contribution in [0, 0.1) is 5.92 Å². The van der Waals surface area contributed by atoms with Crippen LogP contribution in [-0.2, 0) is 6.54 Å². The number of hydrogen-bond donors (Lipinski definition) is 2. The number of aromatic nitrogens is 2. The van der Waals surface area contributed by atoms with Gasteiger partial charge in [0.05, 0.1) is 6.20 Å². The molecule has 2 rings (SSSR count). The van der Waals surface area contributed by atoms with Gasteiger partial charge in [0, 0.05) is 24.3 Å². The average Bonchev–Trinajstić information content (AvgIpc) is 2.96. The minimum absolute atomic E-state index is 0.267. The second kappa shape index (κ2) is 5.46. The van der Waals surface area contributed by atoms with Gasteiger partial charge in [0.2, 0.25) is 0 Å². The summed E-state index contributed by atoms with van der Waals surface area (Å²) >= 11 is 0. The molecular weight excluding hydrogens is 200 g/mol. The average molecular weight is 222 g/mol. The van der Waals surface area contributed by atoms with Gasteiger partial charge in [-0.15, -0.1) is 0 Å². The van der Waals surface area contributed by atoms with Crippen molar-refractivity contribution in [1.29, 1.82) is 0 Å². The number of rotatable bonds is 5. The fraction of sp³-hybridized carbons (Fsp3) is 0.750. The van der Waals surface area contributed by atoms with Crippen LogP contribution in [0.4, 0.5) is 0 Å². The first-order valence-corrected chi connectivity index (χ1v) is 6.32. The molecule has 0 saturated heterocycles. The molecule has 1 atom stereocenters. The summed E-state index contributed by atoms with van der Waals surface area (Å²) in [5.74, 6) is 6.49. The summed E-state index contributed by atoms with van der Waals surface area (Å²) in [5, 5.41) is 4.30. The lowest BCUT2D eigenvalue weighted by Gasteiger charge is -2.18. The molecule has 1 unspecified atom stereocenters. The van der Waals surface area contributed by atoms with Crippen LogP contribution in [0.2, 0.25) is 0 Å². The van der Waals surface area contributed by atoms with Crippen LogP contribution in [-0.4, -0.2) is 9.78 Å². The van der Waals surface area contributed by atoms with Crippen LogP contribution in [0.25, 0.3) is 0 Å². The summed E-state index contributed by atoms with van der Waals surface area (Å²) in [5.41, 5.74) is 4.15. The minimum atomic E-state index is 0.267. The maximum absolute atomic E-state index is 5.65. The standard InChI is InChI=1S/C12H22N4/c1-2-16-9-11(8-14-16)12(15-13)7-10-5-3-4-6-10/h8-10,12,15H,2-7,13H2,1H3. The van der Waals surface area contributed by atoms with Gasteiger partial charge in [-0.25, -0.2) is 0 Å². The fourth-order valence-electron chi connectivity index (χ4n) is 2.61. The lowest BCUT2D eigenvalue weighted by atomic mass is 9.96. The molecule has 1 aliphatic carbocycles. The Bertz CT molecular complexity index is 315. The smallest absolute Gasteiger partial charge is 0.0538 e. The van der Waals surface area contributed by atoms with Gasteiger partial charge >= 0.3 is 0 Å². The molecule has 1 aromatic rings. The van der Waals surface area contributed by atoms with Gasteiger partial charge in [-0.1, -0.05) is 25.7 Å². The van der Waals surface area contributed by atoms with Gasteiger partial charge in [-0.2, -0.15) is 5.10 Å². The monoisotopic (exact) mass is 222 g/mol. The lowest BCUT2D eigenvalue weighted by molar-refractivity contribution is 0.400. The Labute approximate surface area is 97.2 Å². The molecule has 90 valence electrons. The minimum Gasteiger partial charge on any atom is -0.273 e. The van der Waals surface area contributed by atoms with E-state index in [0.29, 0.717) is 0 Å².